The van der Waals surface area contributed by atoms with Crippen LogP contribution in [0.3, 0.4) is 0 Å². The largest absolute Gasteiger partial charge is 0.462 e. The fourth-order valence-electron chi connectivity index (χ4n) is 7.11. The lowest BCUT2D eigenvalue weighted by molar-refractivity contribution is -0.167. The molecule has 0 heterocycles. The van der Waals surface area contributed by atoms with Gasteiger partial charge in [-0.25, -0.2) is 0 Å². The fraction of sp³-hybridized carbons (Fsp3) is 0.629. The molecule has 0 aromatic carbocycles. The molecular formula is C62H100O6. The van der Waals surface area contributed by atoms with Crippen LogP contribution in [0.1, 0.15) is 233 Å². The number of ether oxygens (including phenoxy) is 3. The Morgan fingerprint density at radius 3 is 0.941 bits per heavy atom. The molecule has 1 unspecified atom stereocenters. The SMILES string of the molecule is CC/C=C\C/C=C\C/C=C\C/C=C\CCCCCCCCC(=O)OCC(COC(=O)CCCCCCCCC/C=C\C/C=C\CC)OC(=O)CCC/C=C\C/C=C\C/C=C\C/C=C\CCCCC. The monoisotopic (exact) mass is 941 g/mol. The average Bonchev–Trinajstić information content (AvgIpc) is 3.34. The molecule has 6 nitrogen and oxygen atoms in total. The second-order valence-corrected chi connectivity index (χ2v) is 17.7. The van der Waals surface area contributed by atoms with Crippen LogP contribution in [-0.2, 0) is 28.6 Å². The Balaban J connectivity index is 4.52. The summed E-state index contributed by atoms with van der Waals surface area (Å²) in [5, 5.41) is 0. The topological polar surface area (TPSA) is 78.9 Å². The van der Waals surface area contributed by atoms with Crippen LogP contribution in [0.15, 0.2) is 122 Å². The van der Waals surface area contributed by atoms with E-state index in [2.05, 4.69) is 142 Å². The van der Waals surface area contributed by atoms with Gasteiger partial charge in [-0.2, -0.15) is 0 Å². The Morgan fingerprint density at radius 2 is 0.588 bits per heavy atom. The minimum Gasteiger partial charge on any atom is -0.462 e. The third-order valence-electron chi connectivity index (χ3n) is 11.2. The predicted octanol–water partition coefficient (Wildman–Crippen LogP) is 18.5. The molecule has 0 saturated heterocycles. The standard InChI is InChI=1S/C62H100O6/c1-4-7-10-13-16-19-22-25-28-30-31-33-34-37-40-43-46-49-52-55-61(64)67-58-59(57-66-60(63)54-51-48-45-42-39-36-27-24-21-18-15-12-9-6-3)68-62(65)56-53-50-47-44-41-38-35-32-29-26-23-20-17-14-11-8-5-2/h7,9-10,12,16-21,25-26,28-29,31,33,35,38,44,47,59H,4-6,8,11,13-15,22-24,27,30,32,34,36-37,39-43,45-46,48-58H2,1-3H3/b10-7-,12-9-,19-16-,20-17-,21-18-,28-25-,29-26-,33-31-,38-35-,47-44-. The highest BCUT2D eigenvalue weighted by molar-refractivity contribution is 5.71. The van der Waals surface area contributed by atoms with Crippen LogP contribution in [0.2, 0.25) is 0 Å². The lowest BCUT2D eigenvalue weighted by Gasteiger charge is -2.18. The molecule has 0 bridgehead atoms. The molecule has 384 valence electrons. The van der Waals surface area contributed by atoms with E-state index in [0.717, 1.165) is 122 Å². The van der Waals surface area contributed by atoms with Crippen LogP contribution in [0.4, 0.5) is 0 Å². The minimum atomic E-state index is -0.820. The number of carbonyl (C=O) groups is 3. The molecule has 0 spiro atoms. The molecule has 0 aromatic heterocycles. The van der Waals surface area contributed by atoms with Crippen molar-refractivity contribution < 1.29 is 28.6 Å². The Labute approximate surface area is 418 Å². The molecular weight excluding hydrogens is 841 g/mol. The first kappa shape index (κ1) is 63.8. The number of hydrogen-bond acceptors (Lipinski definition) is 6. The molecule has 0 rings (SSSR count). The smallest absolute Gasteiger partial charge is 0.306 e. The molecule has 0 fully saturated rings. The second-order valence-electron chi connectivity index (χ2n) is 17.7. The predicted molar refractivity (Wildman–Crippen MR) is 293 cm³/mol. The van der Waals surface area contributed by atoms with Crippen LogP contribution < -0.4 is 0 Å². The van der Waals surface area contributed by atoms with E-state index in [9.17, 15) is 14.4 Å². The summed E-state index contributed by atoms with van der Waals surface area (Å²) in [6, 6.07) is 0. The highest BCUT2D eigenvalue weighted by atomic mass is 16.6. The molecule has 0 saturated carbocycles. The van der Waals surface area contributed by atoms with Crippen molar-refractivity contribution in [2.45, 2.75) is 239 Å². The van der Waals surface area contributed by atoms with Gasteiger partial charge < -0.3 is 14.2 Å². The highest BCUT2D eigenvalue weighted by Crippen LogP contribution is 2.13. The number of allylic oxidation sites excluding steroid dienone is 20. The summed E-state index contributed by atoms with van der Waals surface area (Å²) < 4.78 is 16.8. The maximum absolute atomic E-state index is 12.8. The third kappa shape index (κ3) is 52.8. The van der Waals surface area contributed by atoms with Gasteiger partial charge in [0.2, 0.25) is 0 Å². The third-order valence-corrected chi connectivity index (χ3v) is 11.2. The van der Waals surface area contributed by atoms with Crippen molar-refractivity contribution in [2.24, 2.45) is 0 Å². The summed E-state index contributed by atoms with van der Waals surface area (Å²) in [7, 11) is 0. The lowest BCUT2D eigenvalue weighted by Crippen LogP contribution is -2.30. The van der Waals surface area contributed by atoms with Crippen LogP contribution in [-0.4, -0.2) is 37.2 Å². The van der Waals surface area contributed by atoms with E-state index in [-0.39, 0.29) is 37.5 Å². The molecule has 0 aliphatic carbocycles. The summed E-state index contributed by atoms with van der Waals surface area (Å²) in [5.41, 5.74) is 0. The lowest BCUT2D eigenvalue weighted by atomic mass is 10.1. The zero-order chi connectivity index (χ0) is 49.3. The van der Waals surface area contributed by atoms with Gasteiger partial charge in [0.25, 0.3) is 0 Å². The summed E-state index contributed by atoms with van der Waals surface area (Å²) in [4.78, 5) is 38.1. The van der Waals surface area contributed by atoms with E-state index >= 15 is 0 Å². The summed E-state index contributed by atoms with van der Waals surface area (Å²) in [6.07, 6.45) is 76.1. The van der Waals surface area contributed by atoms with Crippen molar-refractivity contribution in [3.05, 3.63) is 122 Å². The fourth-order valence-corrected chi connectivity index (χ4v) is 7.11. The van der Waals surface area contributed by atoms with Gasteiger partial charge in [0.15, 0.2) is 6.10 Å². The Hall–Kier alpha value is -4.19. The number of unbranched alkanes of at least 4 members (excludes halogenated alkanes) is 17. The minimum absolute atomic E-state index is 0.112. The van der Waals surface area contributed by atoms with Crippen molar-refractivity contribution >= 4 is 17.9 Å². The van der Waals surface area contributed by atoms with E-state index in [1.54, 1.807) is 0 Å². The van der Waals surface area contributed by atoms with E-state index < -0.39 is 6.10 Å². The maximum Gasteiger partial charge on any atom is 0.306 e. The number of hydrogen-bond donors (Lipinski definition) is 0. The van der Waals surface area contributed by atoms with Crippen LogP contribution in [0.5, 0.6) is 0 Å². The molecule has 0 radical (unpaired) electrons. The first-order chi connectivity index (χ1) is 33.5. The van der Waals surface area contributed by atoms with Crippen LogP contribution in [0, 0.1) is 0 Å². The van der Waals surface area contributed by atoms with Gasteiger partial charge in [-0.05, 0) is 122 Å². The van der Waals surface area contributed by atoms with Gasteiger partial charge in [0, 0.05) is 19.3 Å². The zero-order valence-electron chi connectivity index (χ0n) is 43.8. The molecule has 0 aliphatic heterocycles. The van der Waals surface area contributed by atoms with Gasteiger partial charge >= 0.3 is 17.9 Å². The van der Waals surface area contributed by atoms with Gasteiger partial charge in [0.1, 0.15) is 13.2 Å². The second kappa shape index (κ2) is 55.4. The molecule has 0 aliphatic rings. The van der Waals surface area contributed by atoms with Crippen molar-refractivity contribution in [2.75, 3.05) is 13.2 Å². The Kier molecular flexibility index (Phi) is 52.0. The highest BCUT2D eigenvalue weighted by Gasteiger charge is 2.19. The average molecular weight is 941 g/mol. The summed E-state index contributed by atoms with van der Waals surface area (Å²) >= 11 is 0. The van der Waals surface area contributed by atoms with Gasteiger partial charge in [-0.3, -0.25) is 14.4 Å². The zero-order valence-corrected chi connectivity index (χ0v) is 43.8. The molecule has 0 amide bonds. The van der Waals surface area contributed by atoms with Crippen molar-refractivity contribution in [3.8, 4) is 0 Å². The molecule has 0 aromatic rings. The van der Waals surface area contributed by atoms with Gasteiger partial charge in [0.05, 0.1) is 0 Å². The Morgan fingerprint density at radius 1 is 0.309 bits per heavy atom. The summed E-state index contributed by atoms with van der Waals surface area (Å²) in [6.45, 7) is 6.32. The van der Waals surface area contributed by atoms with Crippen LogP contribution >= 0.6 is 0 Å². The first-order valence-electron chi connectivity index (χ1n) is 27.5. The maximum atomic E-state index is 12.8. The van der Waals surface area contributed by atoms with Crippen molar-refractivity contribution in [1.29, 1.82) is 0 Å². The summed E-state index contributed by atoms with van der Waals surface area (Å²) in [5.74, 6) is -0.995. The number of rotatable bonds is 48. The van der Waals surface area contributed by atoms with Crippen LogP contribution in [0.25, 0.3) is 0 Å². The van der Waals surface area contributed by atoms with Crippen molar-refractivity contribution in [3.63, 3.8) is 0 Å². The van der Waals surface area contributed by atoms with Crippen molar-refractivity contribution in [1.82, 2.24) is 0 Å². The first-order valence-corrected chi connectivity index (χ1v) is 27.5. The van der Waals surface area contributed by atoms with E-state index in [0.29, 0.717) is 19.3 Å². The quantitative estimate of drug-likeness (QED) is 0.0262. The molecule has 6 heteroatoms. The molecule has 68 heavy (non-hydrogen) atoms. The number of carbonyl (C=O) groups excluding carboxylic acids is 3. The number of esters is 3. The Bertz CT molecular complexity index is 1450. The van der Waals surface area contributed by atoms with Gasteiger partial charge in [-0.15, -0.1) is 0 Å². The molecule has 0 N–H and O–H groups in total. The normalized spacial score (nSPS) is 13.0. The van der Waals surface area contributed by atoms with E-state index in [1.165, 1.54) is 64.2 Å². The van der Waals surface area contributed by atoms with Gasteiger partial charge in [-0.1, -0.05) is 213 Å². The molecule has 1 atom stereocenters. The van der Waals surface area contributed by atoms with E-state index in [1.807, 2.05) is 0 Å². The van der Waals surface area contributed by atoms with E-state index in [4.69, 9.17) is 14.2 Å².